The maximum absolute atomic E-state index is 12.3. The van der Waals surface area contributed by atoms with Gasteiger partial charge in [0.1, 0.15) is 0 Å². The molecule has 3 heteroatoms. The second kappa shape index (κ2) is 6.48. The molecule has 0 radical (unpaired) electrons. The number of carbonyl (C=O) groups excluding carboxylic acids is 1. The number of hydrogen-bond acceptors (Lipinski definition) is 2. The molecule has 1 aliphatic heterocycles. The van der Waals surface area contributed by atoms with E-state index in [1.807, 2.05) is 0 Å². The Balaban J connectivity index is 2.63. The first kappa shape index (κ1) is 13.0. The van der Waals surface area contributed by atoms with E-state index in [0.717, 1.165) is 19.4 Å². The van der Waals surface area contributed by atoms with Crippen LogP contribution in [0.5, 0.6) is 0 Å². The van der Waals surface area contributed by atoms with Crippen LogP contribution in [0.25, 0.3) is 0 Å². The summed E-state index contributed by atoms with van der Waals surface area (Å²) in [7, 11) is 0. The van der Waals surface area contributed by atoms with Crippen LogP contribution < -0.4 is 5.32 Å². The van der Waals surface area contributed by atoms with Gasteiger partial charge in [-0.15, -0.1) is 13.2 Å². The van der Waals surface area contributed by atoms with E-state index in [-0.39, 0.29) is 11.9 Å². The van der Waals surface area contributed by atoms with E-state index in [2.05, 4.69) is 25.4 Å². The van der Waals surface area contributed by atoms with Crippen molar-refractivity contribution in [2.75, 3.05) is 19.6 Å². The summed E-state index contributed by atoms with van der Waals surface area (Å²) in [4.78, 5) is 14.0. The number of rotatable bonds is 5. The van der Waals surface area contributed by atoms with Crippen molar-refractivity contribution < 1.29 is 4.79 Å². The molecule has 2 unspecified atom stereocenters. The Morgan fingerprint density at radius 1 is 1.44 bits per heavy atom. The van der Waals surface area contributed by atoms with Crippen LogP contribution in [0.15, 0.2) is 25.3 Å². The van der Waals surface area contributed by atoms with Crippen LogP contribution in [0, 0.1) is 5.92 Å². The standard InChI is InChI=1S/C13H22N2O/c1-4-9-15(10-5-2)13(16)12-11(3)7-6-8-14-12/h4-5,11-12,14H,1-2,6-10H2,3H3. The van der Waals surface area contributed by atoms with Gasteiger partial charge in [0.2, 0.25) is 5.91 Å². The van der Waals surface area contributed by atoms with Gasteiger partial charge >= 0.3 is 0 Å². The largest absolute Gasteiger partial charge is 0.334 e. The van der Waals surface area contributed by atoms with Gasteiger partial charge in [0, 0.05) is 13.1 Å². The molecule has 1 amide bonds. The highest BCUT2D eigenvalue weighted by Gasteiger charge is 2.29. The van der Waals surface area contributed by atoms with Crippen LogP contribution in [0.1, 0.15) is 19.8 Å². The fraction of sp³-hybridized carbons (Fsp3) is 0.615. The Bertz CT molecular complexity index is 253. The summed E-state index contributed by atoms with van der Waals surface area (Å²) in [5, 5.41) is 3.31. The molecule has 0 aliphatic carbocycles. The Hall–Kier alpha value is -1.09. The van der Waals surface area contributed by atoms with Gasteiger partial charge < -0.3 is 10.2 Å². The van der Waals surface area contributed by atoms with Gasteiger partial charge in [-0.05, 0) is 25.3 Å². The molecule has 1 fully saturated rings. The lowest BCUT2D eigenvalue weighted by molar-refractivity contribution is -0.134. The Kier molecular flexibility index (Phi) is 5.26. The maximum atomic E-state index is 12.3. The molecule has 1 saturated heterocycles. The van der Waals surface area contributed by atoms with Gasteiger partial charge in [0.15, 0.2) is 0 Å². The van der Waals surface area contributed by atoms with E-state index in [0.29, 0.717) is 19.0 Å². The first-order valence-electron chi connectivity index (χ1n) is 5.94. The van der Waals surface area contributed by atoms with E-state index in [1.165, 1.54) is 0 Å². The Labute approximate surface area is 98.2 Å². The summed E-state index contributed by atoms with van der Waals surface area (Å²) in [5.74, 6) is 0.588. The minimum Gasteiger partial charge on any atom is -0.334 e. The topological polar surface area (TPSA) is 32.3 Å². The molecular weight excluding hydrogens is 200 g/mol. The average Bonchev–Trinajstić information content (AvgIpc) is 2.28. The number of amides is 1. The molecule has 1 aliphatic rings. The molecule has 0 bridgehead atoms. The average molecular weight is 222 g/mol. The van der Waals surface area contributed by atoms with Crippen molar-refractivity contribution in [2.24, 2.45) is 5.92 Å². The fourth-order valence-corrected chi connectivity index (χ4v) is 2.14. The molecule has 3 nitrogen and oxygen atoms in total. The van der Waals surface area contributed by atoms with Crippen LogP contribution in [-0.4, -0.2) is 36.5 Å². The van der Waals surface area contributed by atoms with Crippen molar-refractivity contribution in [1.82, 2.24) is 10.2 Å². The monoisotopic (exact) mass is 222 g/mol. The Morgan fingerprint density at radius 2 is 2.06 bits per heavy atom. The summed E-state index contributed by atoms with van der Waals surface area (Å²) in [6.45, 7) is 11.6. The molecule has 0 aromatic carbocycles. The van der Waals surface area contributed by atoms with Crippen molar-refractivity contribution in [3.63, 3.8) is 0 Å². The van der Waals surface area contributed by atoms with E-state index in [4.69, 9.17) is 0 Å². The molecule has 2 atom stereocenters. The lowest BCUT2D eigenvalue weighted by Gasteiger charge is -2.33. The van der Waals surface area contributed by atoms with Gasteiger partial charge in [0.25, 0.3) is 0 Å². The first-order valence-corrected chi connectivity index (χ1v) is 5.94. The maximum Gasteiger partial charge on any atom is 0.240 e. The molecule has 0 spiro atoms. The first-order chi connectivity index (χ1) is 7.70. The third-order valence-electron chi connectivity index (χ3n) is 3.05. The van der Waals surface area contributed by atoms with Gasteiger partial charge in [0.05, 0.1) is 6.04 Å². The molecule has 0 saturated carbocycles. The highest BCUT2D eigenvalue weighted by atomic mass is 16.2. The second-order valence-electron chi connectivity index (χ2n) is 4.37. The molecule has 90 valence electrons. The SMILES string of the molecule is C=CCN(CC=C)C(=O)C1NCCCC1C. The lowest BCUT2D eigenvalue weighted by atomic mass is 9.92. The number of piperidine rings is 1. The zero-order chi connectivity index (χ0) is 12.0. The lowest BCUT2D eigenvalue weighted by Crippen LogP contribution is -2.52. The minimum atomic E-state index is -0.0337. The number of carbonyl (C=O) groups is 1. The molecule has 0 aromatic heterocycles. The van der Waals surface area contributed by atoms with Crippen LogP contribution >= 0.6 is 0 Å². The molecule has 0 aromatic rings. The summed E-state index contributed by atoms with van der Waals surface area (Å²) in [6, 6.07) is -0.0337. The Morgan fingerprint density at radius 3 is 2.56 bits per heavy atom. The van der Waals surface area contributed by atoms with Gasteiger partial charge in [-0.25, -0.2) is 0 Å². The van der Waals surface area contributed by atoms with Crippen molar-refractivity contribution in [2.45, 2.75) is 25.8 Å². The zero-order valence-electron chi connectivity index (χ0n) is 10.1. The van der Waals surface area contributed by atoms with E-state index in [1.54, 1.807) is 17.1 Å². The minimum absolute atomic E-state index is 0.0337. The summed E-state index contributed by atoms with van der Waals surface area (Å²) >= 11 is 0. The molecule has 1 N–H and O–H groups in total. The highest BCUT2D eigenvalue weighted by Crippen LogP contribution is 2.17. The van der Waals surface area contributed by atoms with Crippen molar-refractivity contribution in [1.29, 1.82) is 0 Å². The third kappa shape index (κ3) is 3.20. The van der Waals surface area contributed by atoms with Crippen LogP contribution in [0.3, 0.4) is 0 Å². The van der Waals surface area contributed by atoms with Crippen molar-refractivity contribution in [3.8, 4) is 0 Å². The molecule has 16 heavy (non-hydrogen) atoms. The van der Waals surface area contributed by atoms with Crippen molar-refractivity contribution in [3.05, 3.63) is 25.3 Å². The van der Waals surface area contributed by atoms with E-state index >= 15 is 0 Å². The number of hydrogen-bond donors (Lipinski definition) is 1. The van der Waals surface area contributed by atoms with Gasteiger partial charge in [-0.3, -0.25) is 4.79 Å². The number of nitrogens with one attached hydrogen (secondary N) is 1. The molecule has 1 heterocycles. The predicted molar refractivity (Wildman–Crippen MR) is 67.2 cm³/mol. The molecule has 1 rings (SSSR count). The smallest absolute Gasteiger partial charge is 0.240 e. The predicted octanol–water partition coefficient (Wildman–Crippen LogP) is 1.58. The third-order valence-corrected chi connectivity index (χ3v) is 3.05. The van der Waals surface area contributed by atoms with Gasteiger partial charge in [-0.2, -0.15) is 0 Å². The summed E-state index contributed by atoms with van der Waals surface area (Å²) in [6.07, 6.45) is 5.80. The quantitative estimate of drug-likeness (QED) is 0.716. The highest BCUT2D eigenvalue weighted by molar-refractivity contribution is 5.82. The zero-order valence-corrected chi connectivity index (χ0v) is 10.1. The summed E-state index contributed by atoms with van der Waals surface area (Å²) < 4.78 is 0. The van der Waals surface area contributed by atoms with Crippen LogP contribution in [0.2, 0.25) is 0 Å². The normalized spacial score (nSPS) is 24.8. The fourth-order valence-electron chi connectivity index (χ4n) is 2.14. The number of nitrogens with zero attached hydrogens (tertiary/aromatic N) is 1. The van der Waals surface area contributed by atoms with Crippen molar-refractivity contribution >= 4 is 5.91 Å². The van der Waals surface area contributed by atoms with Gasteiger partial charge in [-0.1, -0.05) is 19.1 Å². The van der Waals surface area contributed by atoms with Crippen LogP contribution in [-0.2, 0) is 4.79 Å². The second-order valence-corrected chi connectivity index (χ2v) is 4.37. The molecular formula is C13H22N2O. The van der Waals surface area contributed by atoms with Crippen LogP contribution in [0.4, 0.5) is 0 Å². The van der Waals surface area contributed by atoms with E-state index < -0.39 is 0 Å². The summed E-state index contributed by atoms with van der Waals surface area (Å²) in [5.41, 5.74) is 0. The van der Waals surface area contributed by atoms with E-state index in [9.17, 15) is 4.79 Å².